The van der Waals surface area contributed by atoms with E-state index in [1.807, 2.05) is 0 Å². The van der Waals surface area contributed by atoms with Crippen molar-refractivity contribution in [2.75, 3.05) is 0 Å². The number of benzene rings is 3. The van der Waals surface area contributed by atoms with Crippen molar-refractivity contribution in [3.63, 3.8) is 0 Å². The van der Waals surface area contributed by atoms with Gasteiger partial charge in [0.15, 0.2) is 0 Å². The van der Waals surface area contributed by atoms with Crippen LogP contribution in [0.2, 0.25) is 10.0 Å². The summed E-state index contributed by atoms with van der Waals surface area (Å²) in [5.74, 6) is 0. The molecule has 0 saturated carbocycles. The number of halogens is 2. The Bertz CT molecular complexity index is 1500. The van der Waals surface area contributed by atoms with Crippen molar-refractivity contribution in [2.45, 2.75) is 29.0 Å². The van der Waals surface area contributed by atoms with Gasteiger partial charge >= 0.3 is 0 Å². The summed E-state index contributed by atoms with van der Waals surface area (Å²) in [4.78, 5) is 3.67. The van der Waals surface area contributed by atoms with Gasteiger partial charge in [-0.3, -0.25) is 0 Å². The highest BCUT2D eigenvalue weighted by molar-refractivity contribution is 7.99. The third-order valence-electron chi connectivity index (χ3n) is 4.01. The molecule has 0 bridgehead atoms. The van der Waals surface area contributed by atoms with Crippen LogP contribution in [0.15, 0.2) is 101 Å². The quantitative estimate of drug-likeness (QED) is 0.274. The predicted molar refractivity (Wildman–Crippen MR) is 123 cm³/mol. The van der Waals surface area contributed by atoms with E-state index in [1.54, 1.807) is 41.5 Å². The van der Waals surface area contributed by atoms with Crippen LogP contribution in [-0.4, -0.2) is 9.55 Å². The minimum Gasteiger partial charge on any atom is -0.367 e. The summed E-state index contributed by atoms with van der Waals surface area (Å²) in [5.41, 5.74) is 0.606. The van der Waals surface area contributed by atoms with Crippen LogP contribution in [0.3, 0.4) is 0 Å². The third kappa shape index (κ3) is 5.67. The van der Waals surface area contributed by atoms with Crippen molar-refractivity contribution in [3.05, 3.63) is 112 Å². The van der Waals surface area contributed by atoms with Crippen molar-refractivity contribution in [1.82, 2.24) is 9.55 Å². The number of imidazole rings is 1. The fourth-order valence-corrected chi connectivity index (χ4v) is 3.76. The summed E-state index contributed by atoms with van der Waals surface area (Å²) in [5, 5.41) is 0.800. The molecule has 1 aromatic heterocycles. The first-order valence-electron chi connectivity index (χ1n) is 13.3. The van der Waals surface area contributed by atoms with Gasteiger partial charge in [0, 0.05) is 37.8 Å². The summed E-state index contributed by atoms with van der Waals surface area (Å²) in [6.07, 6.45) is 4.29. The van der Waals surface area contributed by atoms with Gasteiger partial charge in [-0.25, -0.2) is 4.98 Å². The minimum absolute atomic E-state index is 0.00358. The molecule has 4 aromatic rings. The van der Waals surface area contributed by atoms with Crippen LogP contribution in [0.1, 0.15) is 29.6 Å². The topological polar surface area (TPSA) is 27.1 Å². The molecular weight excluding hydrogens is 435 g/mol. The van der Waals surface area contributed by atoms with E-state index < -0.39 is 48.4 Å². The summed E-state index contributed by atoms with van der Waals surface area (Å²) in [6, 6.07) is 0.737. The molecule has 0 aliphatic heterocycles. The first kappa shape index (κ1) is 12.6. The first-order valence-corrected chi connectivity index (χ1v) is 10.4. The smallest absolute Gasteiger partial charge is 0.102 e. The SMILES string of the molecule is [2H]c1c([2H])c([2H])c(Sc2c([2H])c([2H])c(COC(Cn3ccnc3)c3ccc(Cl)cc3Cl)c([2H])c2[2H])c([2H])c1[2H]. The van der Waals surface area contributed by atoms with Crippen molar-refractivity contribution < 1.29 is 17.1 Å². The molecule has 3 aromatic carbocycles. The van der Waals surface area contributed by atoms with E-state index in [9.17, 15) is 0 Å². The van der Waals surface area contributed by atoms with Gasteiger partial charge in [-0.15, -0.1) is 0 Å². The molecule has 30 heavy (non-hydrogen) atoms. The molecule has 1 unspecified atom stereocenters. The van der Waals surface area contributed by atoms with E-state index in [2.05, 4.69) is 4.98 Å². The van der Waals surface area contributed by atoms with E-state index in [1.165, 1.54) is 0 Å². The van der Waals surface area contributed by atoms with Gasteiger partial charge < -0.3 is 9.30 Å². The monoisotopic (exact) mass is 463 g/mol. The Kier molecular flexibility index (Phi) is 4.27. The third-order valence-corrected chi connectivity index (χ3v) is 5.39. The molecule has 3 nitrogen and oxygen atoms in total. The molecule has 0 aliphatic carbocycles. The molecule has 152 valence electrons. The number of hydrogen-bond acceptors (Lipinski definition) is 3. The van der Waals surface area contributed by atoms with E-state index in [4.69, 9.17) is 40.3 Å². The highest BCUT2D eigenvalue weighted by Gasteiger charge is 2.17. The van der Waals surface area contributed by atoms with Crippen LogP contribution >= 0.6 is 35.0 Å². The first-order chi connectivity index (χ1) is 18.4. The second-order valence-electron chi connectivity index (χ2n) is 6.09. The largest absolute Gasteiger partial charge is 0.367 e. The lowest BCUT2D eigenvalue weighted by molar-refractivity contribution is 0.0280. The van der Waals surface area contributed by atoms with Gasteiger partial charge in [0.2, 0.25) is 0 Å². The molecule has 0 fully saturated rings. The Labute approximate surface area is 203 Å². The summed E-state index contributed by atoms with van der Waals surface area (Å²) < 4.78 is 81.7. The molecular formula is C24H20Cl2N2OS. The predicted octanol–water partition coefficient (Wildman–Crippen LogP) is 7.30. The maximum Gasteiger partial charge on any atom is 0.102 e. The molecule has 4 rings (SSSR count). The average Bonchev–Trinajstić information content (AvgIpc) is 3.42. The zero-order valence-corrected chi connectivity index (χ0v) is 17.8. The maximum absolute atomic E-state index is 8.54. The summed E-state index contributed by atoms with van der Waals surface area (Å²) >= 11 is 13.1. The van der Waals surface area contributed by atoms with E-state index in [-0.39, 0.29) is 34.0 Å². The average molecular weight is 464 g/mol. The zero-order valence-electron chi connectivity index (χ0n) is 24.4. The zero-order chi connectivity index (χ0) is 28.6. The highest BCUT2D eigenvalue weighted by atomic mass is 35.5. The van der Waals surface area contributed by atoms with E-state index in [0.29, 0.717) is 33.9 Å². The number of nitrogens with zero attached hydrogens (tertiary/aromatic N) is 2. The molecule has 0 radical (unpaired) electrons. The molecule has 0 N–H and O–H groups in total. The van der Waals surface area contributed by atoms with E-state index >= 15 is 0 Å². The van der Waals surface area contributed by atoms with Gasteiger partial charge in [-0.1, -0.05) is 71.2 Å². The van der Waals surface area contributed by atoms with Gasteiger partial charge in [-0.05, 0) is 41.9 Å². The number of hydrogen-bond donors (Lipinski definition) is 0. The van der Waals surface area contributed by atoms with Gasteiger partial charge in [0.05, 0.1) is 31.8 Å². The van der Waals surface area contributed by atoms with Gasteiger partial charge in [0.1, 0.15) is 6.10 Å². The number of ether oxygens (including phenoxy) is 1. The second kappa shape index (κ2) is 10.2. The molecule has 6 heteroatoms. The molecule has 0 amide bonds. The number of rotatable bonds is 8. The Morgan fingerprint density at radius 1 is 1.03 bits per heavy atom. The molecule has 1 heterocycles. The fraction of sp³-hybridized carbons (Fsp3) is 0.125. The summed E-state index contributed by atoms with van der Waals surface area (Å²) in [6.45, 7) is 0.0141. The lowest BCUT2D eigenvalue weighted by Gasteiger charge is -2.20. The van der Waals surface area contributed by atoms with Crippen LogP contribution in [0, 0.1) is 0 Å². The van der Waals surface area contributed by atoms with Crippen LogP contribution in [0.5, 0.6) is 0 Å². The Balaban J connectivity index is 1.69. The van der Waals surface area contributed by atoms with Crippen molar-refractivity contribution >= 4 is 35.0 Å². The lowest BCUT2D eigenvalue weighted by Crippen LogP contribution is -2.12. The fourth-order valence-electron chi connectivity index (χ4n) is 2.62. The van der Waals surface area contributed by atoms with Crippen LogP contribution < -0.4 is 0 Å². The van der Waals surface area contributed by atoms with Crippen molar-refractivity contribution in [2.24, 2.45) is 0 Å². The van der Waals surface area contributed by atoms with Crippen LogP contribution in [0.25, 0.3) is 0 Å². The maximum atomic E-state index is 8.54. The van der Waals surface area contributed by atoms with Gasteiger partial charge in [-0.2, -0.15) is 0 Å². The molecule has 0 spiro atoms. The van der Waals surface area contributed by atoms with Gasteiger partial charge in [0.25, 0.3) is 0 Å². The van der Waals surface area contributed by atoms with Crippen LogP contribution in [0.4, 0.5) is 0 Å². The molecule has 1 atom stereocenters. The highest BCUT2D eigenvalue weighted by Crippen LogP contribution is 2.31. The summed E-state index contributed by atoms with van der Waals surface area (Å²) in [7, 11) is 0. The Morgan fingerprint density at radius 2 is 1.80 bits per heavy atom. The Hall–Kier alpha value is -2.24. The second-order valence-corrected chi connectivity index (χ2v) is 7.95. The van der Waals surface area contributed by atoms with Crippen molar-refractivity contribution in [1.29, 1.82) is 0 Å². The molecule has 0 aliphatic rings. The van der Waals surface area contributed by atoms with Crippen LogP contribution in [-0.2, 0) is 17.9 Å². The molecule has 0 saturated heterocycles. The standard InChI is InChI=1S/C24H20Cl2N2OS/c25-19-8-11-22(23(26)14-19)24(15-28-13-12-27-17-28)29-16-18-6-9-21(10-7-18)30-20-4-2-1-3-5-20/h1-14,17,24H,15-16H2/i1D,2D,3D,4D,5D,6D,7D,9D,10D. The normalized spacial score (nSPS) is 16.3. The van der Waals surface area contributed by atoms with Crippen molar-refractivity contribution in [3.8, 4) is 0 Å². The van der Waals surface area contributed by atoms with E-state index in [0.717, 1.165) is 0 Å². The lowest BCUT2D eigenvalue weighted by atomic mass is 10.1. The Morgan fingerprint density at radius 3 is 2.50 bits per heavy atom. The number of aromatic nitrogens is 2. The minimum atomic E-state index is -0.647.